The van der Waals surface area contributed by atoms with Crippen molar-refractivity contribution in [1.29, 1.82) is 0 Å². The molecule has 1 fully saturated rings. The third kappa shape index (κ3) is 7.59. The van der Waals surface area contributed by atoms with Gasteiger partial charge in [-0.15, -0.1) is 0 Å². The number of rotatable bonds is 6. The number of nitrogens with one attached hydrogen (secondary N) is 1. The SMILES string of the molecule is CCCC(=O)Nc1ccc(CCN2CCN(C(=O)OC(C)(C)C)CC2)cc1. The molecule has 0 atom stereocenters. The number of hydrogen-bond donors (Lipinski definition) is 1. The van der Waals surface area contributed by atoms with Crippen LogP contribution in [0.15, 0.2) is 24.3 Å². The summed E-state index contributed by atoms with van der Waals surface area (Å²) in [5.74, 6) is 0.0631. The van der Waals surface area contributed by atoms with Crippen molar-refractivity contribution < 1.29 is 14.3 Å². The summed E-state index contributed by atoms with van der Waals surface area (Å²) in [5.41, 5.74) is 1.65. The Morgan fingerprint density at radius 1 is 1.07 bits per heavy atom. The summed E-state index contributed by atoms with van der Waals surface area (Å²) in [6, 6.07) is 8.06. The highest BCUT2D eigenvalue weighted by molar-refractivity contribution is 5.90. The van der Waals surface area contributed by atoms with Gasteiger partial charge in [0.25, 0.3) is 0 Å². The van der Waals surface area contributed by atoms with Gasteiger partial charge in [0.2, 0.25) is 5.91 Å². The van der Waals surface area contributed by atoms with E-state index < -0.39 is 5.60 Å². The molecule has 2 amide bonds. The van der Waals surface area contributed by atoms with Crippen LogP contribution in [0.4, 0.5) is 10.5 Å². The summed E-state index contributed by atoms with van der Waals surface area (Å²) in [6.07, 6.45) is 2.14. The number of benzene rings is 1. The lowest BCUT2D eigenvalue weighted by atomic mass is 10.1. The van der Waals surface area contributed by atoms with Crippen molar-refractivity contribution in [2.45, 2.75) is 52.6 Å². The zero-order chi connectivity index (χ0) is 19.9. The van der Waals surface area contributed by atoms with Crippen molar-refractivity contribution in [2.75, 3.05) is 38.0 Å². The average Bonchev–Trinajstić information content (AvgIpc) is 2.60. The van der Waals surface area contributed by atoms with E-state index in [0.29, 0.717) is 19.5 Å². The van der Waals surface area contributed by atoms with Crippen LogP contribution >= 0.6 is 0 Å². The summed E-state index contributed by atoms with van der Waals surface area (Å²) >= 11 is 0. The smallest absolute Gasteiger partial charge is 0.410 e. The van der Waals surface area contributed by atoms with E-state index >= 15 is 0 Å². The molecule has 1 N–H and O–H groups in total. The molecule has 27 heavy (non-hydrogen) atoms. The van der Waals surface area contributed by atoms with Gasteiger partial charge >= 0.3 is 6.09 Å². The molecule has 0 aliphatic carbocycles. The van der Waals surface area contributed by atoms with E-state index in [4.69, 9.17) is 4.74 Å². The number of ether oxygens (including phenoxy) is 1. The molecule has 1 aromatic carbocycles. The van der Waals surface area contributed by atoms with Crippen LogP contribution in [0.5, 0.6) is 0 Å². The van der Waals surface area contributed by atoms with Crippen molar-refractivity contribution in [3.05, 3.63) is 29.8 Å². The van der Waals surface area contributed by atoms with Gasteiger partial charge in [-0.05, 0) is 51.3 Å². The van der Waals surface area contributed by atoms with Gasteiger partial charge in [0.05, 0.1) is 0 Å². The fourth-order valence-electron chi connectivity index (χ4n) is 2.97. The molecule has 0 bridgehead atoms. The number of nitrogens with zero attached hydrogens (tertiary/aromatic N) is 2. The number of hydrogen-bond acceptors (Lipinski definition) is 4. The van der Waals surface area contributed by atoms with Gasteiger partial charge in [-0.1, -0.05) is 19.1 Å². The van der Waals surface area contributed by atoms with Crippen molar-refractivity contribution in [2.24, 2.45) is 0 Å². The van der Waals surface area contributed by atoms with E-state index in [2.05, 4.69) is 22.3 Å². The van der Waals surface area contributed by atoms with Gasteiger partial charge in [0, 0.05) is 44.8 Å². The molecule has 150 valence electrons. The minimum absolute atomic E-state index is 0.0631. The summed E-state index contributed by atoms with van der Waals surface area (Å²) in [4.78, 5) is 27.9. The zero-order valence-corrected chi connectivity index (χ0v) is 17.1. The van der Waals surface area contributed by atoms with Crippen LogP contribution in [-0.4, -0.2) is 60.1 Å². The van der Waals surface area contributed by atoms with E-state index in [-0.39, 0.29) is 12.0 Å². The molecule has 1 saturated heterocycles. The maximum Gasteiger partial charge on any atom is 0.410 e. The van der Waals surface area contributed by atoms with Crippen LogP contribution in [0, 0.1) is 0 Å². The second-order valence-corrected chi connectivity index (χ2v) is 8.05. The van der Waals surface area contributed by atoms with Gasteiger partial charge < -0.3 is 15.0 Å². The summed E-state index contributed by atoms with van der Waals surface area (Å²) in [5, 5.41) is 2.91. The van der Waals surface area contributed by atoms with E-state index in [9.17, 15) is 9.59 Å². The van der Waals surface area contributed by atoms with Gasteiger partial charge in [0.1, 0.15) is 5.60 Å². The topological polar surface area (TPSA) is 61.9 Å². The number of carbonyl (C=O) groups is 2. The van der Waals surface area contributed by atoms with E-state index in [1.54, 1.807) is 4.90 Å². The van der Waals surface area contributed by atoms with Gasteiger partial charge in [-0.25, -0.2) is 4.79 Å². The Morgan fingerprint density at radius 3 is 2.26 bits per heavy atom. The molecule has 1 heterocycles. The summed E-state index contributed by atoms with van der Waals surface area (Å²) in [7, 11) is 0. The highest BCUT2D eigenvalue weighted by Crippen LogP contribution is 2.14. The maximum absolute atomic E-state index is 12.1. The highest BCUT2D eigenvalue weighted by Gasteiger charge is 2.25. The number of anilines is 1. The second-order valence-electron chi connectivity index (χ2n) is 8.05. The second kappa shape index (κ2) is 9.74. The lowest BCUT2D eigenvalue weighted by Gasteiger charge is -2.35. The van der Waals surface area contributed by atoms with Crippen molar-refractivity contribution in [3.63, 3.8) is 0 Å². The molecule has 1 aliphatic rings. The molecular weight excluding hydrogens is 342 g/mol. The third-order valence-electron chi connectivity index (χ3n) is 4.46. The molecule has 0 radical (unpaired) electrons. The molecule has 2 rings (SSSR count). The Balaban J connectivity index is 1.72. The lowest BCUT2D eigenvalue weighted by Crippen LogP contribution is -2.50. The normalized spacial score (nSPS) is 15.5. The van der Waals surface area contributed by atoms with Gasteiger partial charge in [0.15, 0.2) is 0 Å². The van der Waals surface area contributed by atoms with Gasteiger partial charge in [-0.2, -0.15) is 0 Å². The minimum atomic E-state index is -0.448. The van der Waals surface area contributed by atoms with E-state index in [0.717, 1.165) is 38.2 Å². The number of piperazine rings is 1. The first kappa shape index (κ1) is 21.2. The van der Waals surface area contributed by atoms with Crippen LogP contribution in [0.2, 0.25) is 0 Å². The van der Waals surface area contributed by atoms with Crippen molar-refractivity contribution >= 4 is 17.7 Å². The summed E-state index contributed by atoms with van der Waals surface area (Å²) < 4.78 is 5.43. The molecule has 0 spiro atoms. The molecule has 1 aromatic rings. The Labute approximate surface area is 162 Å². The maximum atomic E-state index is 12.1. The monoisotopic (exact) mass is 375 g/mol. The van der Waals surface area contributed by atoms with E-state index in [1.807, 2.05) is 39.8 Å². The highest BCUT2D eigenvalue weighted by atomic mass is 16.6. The van der Waals surface area contributed by atoms with Crippen LogP contribution < -0.4 is 5.32 Å². The number of amides is 2. The summed E-state index contributed by atoms with van der Waals surface area (Å²) in [6.45, 7) is 11.8. The molecular formula is C21H33N3O3. The standard InChI is InChI=1S/C21H33N3O3/c1-5-6-19(25)22-18-9-7-17(8-10-18)11-12-23-13-15-24(16-14-23)20(26)27-21(2,3)4/h7-10H,5-6,11-16H2,1-4H3,(H,22,25). The first-order valence-corrected chi connectivity index (χ1v) is 9.86. The molecule has 0 aromatic heterocycles. The molecule has 0 saturated carbocycles. The molecule has 6 nitrogen and oxygen atoms in total. The van der Waals surface area contributed by atoms with Crippen LogP contribution in [0.3, 0.4) is 0 Å². The molecule has 0 unspecified atom stereocenters. The predicted molar refractivity (Wildman–Crippen MR) is 108 cm³/mol. The Morgan fingerprint density at radius 2 is 1.70 bits per heavy atom. The molecule has 1 aliphatic heterocycles. The average molecular weight is 376 g/mol. The molecule has 6 heteroatoms. The fraction of sp³-hybridized carbons (Fsp3) is 0.619. The van der Waals surface area contributed by atoms with Crippen molar-refractivity contribution in [3.8, 4) is 0 Å². The quantitative estimate of drug-likeness (QED) is 0.826. The third-order valence-corrected chi connectivity index (χ3v) is 4.46. The minimum Gasteiger partial charge on any atom is -0.444 e. The van der Waals surface area contributed by atoms with Crippen LogP contribution in [0.25, 0.3) is 0 Å². The fourth-order valence-corrected chi connectivity index (χ4v) is 2.97. The zero-order valence-electron chi connectivity index (χ0n) is 17.1. The van der Waals surface area contributed by atoms with Crippen molar-refractivity contribution in [1.82, 2.24) is 9.80 Å². The Bertz CT molecular complexity index is 615. The van der Waals surface area contributed by atoms with Crippen LogP contribution in [0.1, 0.15) is 46.1 Å². The predicted octanol–water partition coefficient (Wildman–Crippen LogP) is 3.52. The van der Waals surface area contributed by atoms with Crippen LogP contribution in [-0.2, 0) is 16.0 Å². The first-order chi connectivity index (χ1) is 12.8. The van der Waals surface area contributed by atoms with Gasteiger partial charge in [-0.3, -0.25) is 9.69 Å². The largest absolute Gasteiger partial charge is 0.444 e. The Hall–Kier alpha value is -2.08. The lowest BCUT2D eigenvalue weighted by molar-refractivity contribution is -0.116. The van der Waals surface area contributed by atoms with E-state index in [1.165, 1.54) is 5.56 Å². The number of carbonyl (C=O) groups excluding carboxylic acids is 2. The Kier molecular flexibility index (Phi) is 7.66. The first-order valence-electron chi connectivity index (χ1n) is 9.86.